The summed E-state index contributed by atoms with van der Waals surface area (Å²) in [6, 6.07) is 0.660. The largest absolute Gasteiger partial charge is 0.358 e. The van der Waals surface area contributed by atoms with E-state index in [1.165, 1.54) is 6.42 Å². The smallest absolute Gasteiger partial charge is 0.233 e. The normalized spacial score (nSPS) is 24.4. The van der Waals surface area contributed by atoms with Gasteiger partial charge in [0.25, 0.3) is 0 Å². The van der Waals surface area contributed by atoms with Crippen LogP contribution in [0.2, 0.25) is 0 Å². The van der Waals surface area contributed by atoms with Gasteiger partial charge in [0.1, 0.15) is 0 Å². The van der Waals surface area contributed by atoms with E-state index in [-0.39, 0.29) is 5.91 Å². The maximum atomic E-state index is 10.9. The molecular formula is C8H16N2O. The Morgan fingerprint density at radius 1 is 1.73 bits per heavy atom. The summed E-state index contributed by atoms with van der Waals surface area (Å²) in [6.45, 7) is 3.83. The molecule has 0 bridgehead atoms. The molecule has 64 valence electrons. The summed E-state index contributed by atoms with van der Waals surface area (Å²) in [5.41, 5.74) is 0. The Bertz CT molecular complexity index is 145. The Morgan fingerprint density at radius 3 is 2.82 bits per heavy atom. The van der Waals surface area contributed by atoms with Crippen molar-refractivity contribution in [2.45, 2.75) is 25.8 Å². The van der Waals surface area contributed by atoms with Gasteiger partial charge in [-0.05, 0) is 12.8 Å². The number of nitrogens with zero attached hydrogens (tertiary/aromatic N) is 1. The first-order chi connectivity index (χ1) is 5.27. The zero-order valence-electron chi connectivity index (χ0n) is 7.26. The van der Waals surface area contributed by atoms with Crippen molar-refractivity contribution in [3.05, 3.63) is 0 Å². The van der Waals surface area contributed by atoms with E-state index in [1.54, 1.807) is 7.05 Å². The van der Waals surface area contributed by atoms with Gasteiger partial charge in [-0.3, -0.25) is 9.69 Å². The van der Waals surface area contributed by atoms with E-state index in [4.69, 9.17) is 0 Å². The number of likely N-dealkylation sites (N-methyl/N-ethyl adjacent to an activating group) is 1. The van der Waals surface area contributed by atoms with Gasteiger partial charge < -0.3 is 5.32 Å². The van der Waals surface area contributed by atoms with E-state index in [0.29, 0.717) is 12.6 Å². The van der Waals surface area contributed by atoms with E-state index < -0.39 is 0 Å². The van der Waals surface area contributed by atoms with E-state index in [9.17, 15) is 4.79 Å². The fraction of sp³-hybridized carbons (Fsp3) is 0.875. The lowest BCUT2D eigenvalue weighted by atomic mass is 10.0. The quantitative estimate of drug-likeness (QED) is 0.634. The van der Waals surface area contributed by atoms with Crippen LogP contribution >= 0.6 is 0 Å². The lowest BCUT2D eigenvalue weighted by Crippen LogP contribution is -2.51. The predicted molar refractivity (Wildman–Crippen MR) is 44.3 cm³/mol. The summed E-state index contributed by atoms with van der Waals surface area (Å²) in [7, 11) is 1.68. The molecule has 1 saturated heterocycles. The fourth-order valence-corrected chi connectivity index (χ4v) is 1.43. The molecule has 0 radical (unpaired) electrons. The molecule has 1 aliphatic rings. The summed E-state index contributed by atoms with van der Waals surface area (Å²) < 4.78 is 0. The molecule has 1 unspecified atom stereocenters. The van der Waals surface area contributed by atoms with Crippen molar-refractivity contribution in [3.8, 4) is 0 Å². The number of hydrogen-bond donors (Lipinski definition) is 1. The first-order valence-corrected chi connectivity index (χ1v) is 4.22. The molecule has 11 heavy (non-hydrogen) atoms. The fourth-order valence-electron chi connectivity index (χ4n) is 1.43. The minimum Gasteiger partial charge on any atom is -0.358 e. The summed E-state index contributed by atoms with van der Waals surface area (Å²) in [5.74, 6) is 0.128. The molecule has 1 N–H and O–H groups in total. The van der Waals surface area contributed by atoms with E-state index in [0.717, 1.165) is 13.0 Å². The van der Waals surface area contributed by atoms with Crippen LogP contribution in [0.3, 0.4) is 0 Å². The molecule has 1 aliphatic heterocycles. The molecule has 0 saturated carbocycles. The number of likely N-dealkylation sites (tertiary alicyclic amines) is 1. The standard InChI is InChI=1S/C8H16N2O/c1-3-7-4-5-10(7)6-8(11)9-2/h7H,3-6H2,1-2H3,(H,9,11). The maximum Gasteiger partial charge on any atom is 0.233 e. The van der Waals surface area contributed by atoms with Crippen LogP contribution in [0.25, 0.3) is 0 Å². The molecule has 1 amide bonds. The molecule has 0 aliphatic carbocycles. The van der Waals surface area contributed by atoms with Gasteiger partial charge in [0.05, 0.1) is 6.54 Å². The Labute approximate surface area is 67.8 Å². The van der Waals surface area contributed by atoms with Gasteiger partial charge in [-0.1, -0.05) is 6.92 Å². The van der Waals surface area contributed by atoms with Crippen LogP contribution in [-0.4, -0.2) is 37.0 Å². The summed E-state index contributed by atoms with van der Waals surface area (Å²) in [5, 5.41) is 2.63. The number of carbonyl (C=O) groups excluding carboxylic acids is 1. The molecule has 3 heteroatoms. The van der Waals surface area contributed by atoms with Crippen molar-refractivity contribution in [1.29, 1.82) is 0 Å². The van der Waals surface area contributed by atoms with E-state index >= 15 is 0 Å². The van der Waals surface area contributed by atoms with Crippen molar-refractivity contribution in [1.82, 2.24) is 10.2 Å². The van der Waals surface area contributed by atoms with Crippen LogP contribution in [0.5, 0.6) is 0 Å². The maximum absolute atomic E-state index is 10.9. The Balaban J connectivity index is 2.21. The summed E-state index contributed by atoms with van der Waals surface area (Å²) in [4.78, 5) is 13.1. The van der Waals surface area contributed by atoms with Crippen LogP contribution in [0.15, 0.2) is 0 Å². The monoisotopic (exact) mass is 156 g/mol. The molecule has 0 aromatic carbocycles. The summed E-state index contributed by atoms with van der Waals surface area (Å²) in [6.07, 6.45) is 2.42. The van der Waals surface area contributed by atoms with Crippen molar-refractivity contribution >= 4 is 5.91 Å². The zero-order chi connectivity index (χ0) is 8.27. The van der Waals surface area contributed by atoms with Gasteiger partial charge in [-0.25, -0.2) is 0 Å². The lowest BCUT2D eigenvalue weighted by Gasteiger charge is -2.39. The molecule has 1 rings (SSSR count). The molecule has 1 heterocycles. The number of amides is 1. The van der Waals surface area contributed by atoms with Crippen LogP contribution < -0.4 is 5.32 Å². The van der Waals surface area contributed by atoms with Crippen molar-refractivity contribution in [3.63, 3.8) is 0 Å². The molecule has 1 atom stereocenters. The molecule has 0 aromatic heterocycles. The molecule has 3 nitrogen and oxygen atoms in total. The lowest BCUT2D eigenvalue weighted by molar-refractivity contribution is -0.123. The van der Waals surface area contributed by atoms with Gasteiger partial charge in [0.2, 0.25) is 5.91 Å². The minimum atomic E-state index is 0.128. The third-order valence-corrected chi connectivity index (χ3v) is 2.36. The van der Waals surface area contributed by atoms with Crippen LogP contribution in [0.1, 0.15) is 19.8 Å². The van der Waals surface area contributed by atoms with Gasteiger partial charge in [-0.15, -0.1) is 0 Å². The highest BCUT2D eigenvalue weighted by Gasteiger charge is 2.26. The van der Waals surface area contributed by atoms with Crippen LogP contribution in [-0.2, 0) is 4.79 Å². The van der Waals surface area contributed by atoms with Crippen molar-refractivity contribution in [2.75, 3.05) is 20.1 Å². The number of rotatable bonds is 3. The highest BCUT2D eigenvalue weighted by atomic mass is 16.1. The first-order valence-electron chi connectivity index (χ1n) is 4.22. The SMILES string of the molecule is CCC1CCN1CC(=O)NC. The van der Waals surface area contributed by atoms with Crippen LogP contribution in [0, 0.1) is 0 Å². The van der Waals surface area contributed by atoms with E-state index in [1.807, 2.05) is 0 Å². The second-order valence-corrected chi connectivity index (χ2v) is 2.99. The molecule has 0 aromatic rings. The van der Waals surface area contributed by atoms with Gasteiger partial charge in [0.15, 0.2) is 0 Å². The van der Waals surface area contributed by atoms with Gasteiger partial charge in [0, 0.05) is 19.6 Å². The first kappa shape index (κ1) is 8.53. The van der Waals surface area contributed by atoms with Gasteiger partial charge >= 0.3 is 0 Å². The molecule has 0 spiro atoms. The number of nitrogens with one attached hydrogen (secondary N) is 1. The Kier molecular flexibility index (Phi) is 2.88. The number of carbonyl (C=O) groups is 1. The summed E-state index contributed by atoms with van der Waals surface area (Å²) >= 11 is 0. The van der Waals surface area contributed by atoms with Crippen LogP contribution in [0.4, 0.5) is 0 Å². The Hall–Kier alpha value is -0.570. The zero-order valence-corrected chi connectivity index (χ0v) is 7.26. The second kappa shape index (κ2) is 3.72. The highest BCUT2D eigenvalue weighted by molar-refractivity contribution is 5.77. The predicted octanol–water partition coefficient (Wildman–Crippen LogP) is 0.217. The number of hydrogen-bond acceptors (Lipinski definition) is 2. The van der Waals surface area contributed by atoms with Crippen molar-refractivity contribution < 1.29 is 4.79 Å². The molecular weight excluding hydrogens is 140 g/mol. The van der Waals surface area contributed by atoms with E-state index in [2.05, 4.69) is 17.1 Å². The topological polar surface area (TPSA) is 32.3 Å². The average molecular weight is 156 g/mol. The average Bonchev–Trinajstić information content (AvgIpc) is 1.98. The Morgan fingerprint density at radius 2 is 2.45 bits per heavy atom. The minimum absolute atomic E-state index is 0.128. The third kappa shape index (κ3) is 1.93. The second-order valence-electron chi connectivity index (χ2n) is 2.99. The van der Waals surface area contributed by atoms with Crippen molar-refractivity contribution in [2.24, 2.45) is 0 Å². The molecule has 1 fully saturated rings. The highest BCUT2D eigenvalue weighted by Crippen LogP contribution is 2.18. The van der Waals surface area contributed by atoms with Gasteiger partial charge in [-0.2, -0.15) is 0 Å². The third-order valence-electron chi connectivity index (χ3n) is 2.36.